The van der Waals surface area contributed by atoms with Crippen LogP contribution < -0.4 is 0 Å². The Labute approximate surface area is 76.4 Å². The second-order valence-corrected chi connectivity index (χ2v) is 3.27. The monoisotopic (exact) mass is 201 g/mol. The Kier molecular flexibility index (Phi) is 2.05. The van der Waals surface area contributed by atoms with Gasteiger partial charge >= 0.3 is 0 Å². The second kappa shape index (κ2) is 3.21. The minimum atomic E-state index is -2.60. The Hall–Kier alpha value is -1.30. The lowest BCUT2D eigenvalue weighted by molar-refractivity contribution is 0.141. The van der Waals surface area contributed by atoms with Gasteiger partial charge in [-0.1, -0.05) is 6.07 Å². The first-order valence-electron chi connectivity index (χ1n) is 3.51. The molecule has 0 radical (unpaired) electrons. The zero-order chi connectivity index (χ0) is 9.26. The Bertz CT molecular complexity index is 382. The number of aromatic amines is 1. The number of rotatable bonds is 2. The summed E-state index contributed by atoms with van der Waals surface area (Å²) in [4.78, 5) is 4.43. The van der Waals surface area contributed by atoms with Gasteiger partial charge in [0.15, 0.2) is 11.6 Å². The van der Waals surface area contributed by atoms with E-state index in [1.807, 2.05) is 11.4 Å². The molecule has 0 saturated carbocycles. The van der Waals surface area contributed by atoms with Crippen LogP contribution in [0.4, 0.5) is 8.78 Å². The Balaban J connectivity index is 2.33. The van der Waals surface area contributed by atoms with Crippen LogP contribution in [0.5, 0.6) is 0 Å². The third-order valence-corrected chi connectivity index (χ3v) is 2.32. The third-order valence-electron chi connectivity index (χ3n) is 1.45. The van der Waals surface area contributed by atoms with Gasteiger partial charge in [0.1, 0.15) is 0 Å². The molecule has 0 aromatic carbocycles. The summed E-state index contributed by atoms with van der Waals surface area (Å²) in [7, 11) is 0. The van der Waals surface area contributed by atoms with Gasteiger partial charge in [-0.15, -0.1) is 11.3 Å². The molecule has 6 heteroatoms. The van der Waals surface area contributed by atoms with E-state index < -0.39 is 6.43 Å². The number of nitrogens with zero attached hydrogens (tertiary/aromatic N) is 2. The maximum atomic E-state index is 12.1. The van der Waals surface area contributed by atoms with Gasteiger partial charge in [0, 0.05) is 0 Å². The summed E-state index contributed by atoms with van der Waals surface area (Å²) in [5.41, 5.74) is 0. The predicted octanol–water partition coefficient (Wildman–Crippen LogP) is 2.47. The van der Waals surface area contributed by atoms with E-state index >= 15 is 0 Å². The van der Waals surface area contributed by atoms with Crippen molar-refractivity contribution < 1.29 is 8.78 Å². The molecule has 0 bridgehead atoms. The molecule has 1 N–H and O–H groups in total. The summed E-state index contributed by atoms with van der Waals surface area (Å²) in [5.74, 6) is -0.0614. The molecular weight excluding hydrogens is 196 g/mol. The molecule has 2 aromatic heterocycles. The highest BCUT2D eigenvalue weighted by atomic mass is 32.1. The Morgan fingerprint density at radius 2 is 2.31 bits per heavy atom. The number of thiophene rings is 1. The molecule has 0 unspecified atom stereocenters. The molecule has 2 heterocycles. The highest BCUT2D eigenvalue weighted by Crippen LogP contribution is 2.22. The van der Waals surface area contributed by atoms with Crippen LogP contribution in [0.2, 0.25) is 0 Å². The van der Waals surface area contributed by atoms with Crippen LogP contribution in [-0.4, -0.2) is 15.2 Å². The van der Waals surface area contributed by atoms with Gasteiger partial charge in [0.05, 0.1) is 4.88 Å². The van der Waals surface area contributed by atoms with Gasteiger partial charge in [0.25, 0.3) is 6.43 Å². The number of alkyl halides is 2. The van der Waals surface area contributed by atoms with E-state index in [1.165, 1.54) is 11.3 Å². The molecule has 0 fully saturated rings. The minimum Gasteiger partial charge on any atom is -0.258 e. The fourth-order valence-corrected chi connectivity index (χ4v) is 1.55. The largest absolute Gasteiger partial charge is 0.296 e. The van der Waals surface area contributed by atoms with Crippen LogP contribution in [0.3, 0.4) is 0 Å². The van der Waals surface area contributed by atoms with Crippen molar-refractivity contribution in [2.45, 2.75) is 6.43 Å². The average Bonchev–Trinajstić information content (AvgIpc) is 2.75. The van der Waals surface area contributed by atoms with Gasteiger partial charge in [-0.2, -0.15) is 5.10 Å². The molecule has 0 saturated heterocycles. The van der Waals surface area contributed by atoms with Crippen molar-refractivity contribution in [3.8, 4) is 10.7 Å². The zero-order valence-electron chi connectivity index (χ0n) is 6.37. The van der Waals surface area contributed by atoms with E-state index in [-0.39, 0.29) is 5.82 Å². The molecular formula is C7H5F2N3S. The average molecular weight is 201 g/mol. The van der Waals surface area contributed by atoms with Crippen molar-refractivity contribution in [1.29, 1.82) is 0 Å². The van der Waals surface area contributed by atoms with Gasteiger partial charge in [0.2, 0.25) is 0 Å². The van der Waals surface area contributed by atoms with Gasteiger partial charge in [-0.3, -0.25) is 5.10 Å². The SMILES string of the molecule is FC(F)c1nc(-c2cccs2)n[nH]1. The molecule has 13 heavy (non-hydrogen) atoms. The molecule has 2 aromatic rings. The van der Waals surface area contributed by atoms with E-state index in [0.717, 1.165) is 4.88 Å². The Morgan fingerprint density at radius 1 is 1.46 bits per heavy atom. The first kappa shape index (κ1) is 8.31. The minimum absolute atomic E-state index is 0.324. The standard InChI is InChI=1S/C7H5F2N3S/c8-5(9)7-10-6(11-12-7)4-2-1-3-13-4/h1-3,5H,(H,10,11,12). The number of hydrogen-bond donors (Lipinski definition) is 1. The van der Waals surface area contributed by atoms with E-state index in [4.69, 9.17) is 0 Å². The summed E-state index contributed by atoms with van der Waals surface area (Å²) >= 11 is 1.41. The lowest BCUT2D eigenvalue weighted by Crippen LogP contribution is -1.85. The molecule has 3 nitrogen and oxygen atoms in total. The number of H-pyrrole nitrogens is 1. The molecule has 0 amide bonds. The van der Waals surface area contributed by atoms with E-state index in [9.17, 15) is 8.78 Å². The van der Waals surface area contributed by atoms with Crippen LogP contribution in [0.15, 0.2) is 17.5 Å². The topological polar surface area (TPSA) is 41.6 Å². The maximum absolute atomic E-state index is 12.1. The summed E-state index contributed by atoms with van der Waals surface area (Å²) < 4.78 is 24.2. The highest BCUT2D eigenvalue weighted by Gasteiger charge is 2.13. The quantitative estimate of drug-likeness (QED) is 0.810. The van der Waals surface area contributed by atoms with Crippen molar-refractivity contribution in [2.24, 2.45) is 0 Å². The molecule has 0 aliphatic heterocycles. The van der Waals surface area contributed by atoms with Crippen LogP contribution in [0.1, 0.15) is 12.2 Å². The Morgan fingerprint density at radius 3 is 2.85 bits per heavy atom. The molecule has 0 spiro atoms. The molecule has 0 atom stereocenters. The van der Waals surface area contributed by atoms with Crippen LogP contribution in [0.25, 0.3) is 10.7 Å². The smallest absolute Gasteiger partial charge is 0.258 e. The third kappa shape index (κ3) is 1.57. The lowest BCUT2D eigenvalue weighted by Gasteiger charge is -1.87. The van der Waals surface area contributed by atoms with Crippen molar-refractivity contribution in [3.63, 3.8) is 0 Å². The number of nitrogens with one attached hydrogen (secondary N) is 1. The molecule has 0 aliphatic rings. The van der Waals surface area contributed by atoms with Gasteiger partial charge in [-0.05, 0) is 11.4 Å². The van der Waals surface area contributed by atoms with Crippen LogP contribution in [0, 0.1) is 0 Å². The molecule has 0 aliphatic carbocycles. The zero-order valence-corrected chi connectivity index (χ0v) is 7.18. The predicted molar refractivity (Wildman–Crippen MR) is 44.7 cm³/mol. The van der Waals surface area contributed by atoms with Crippen LogP contribution in [-0.2, 0) is 0 Å². The molecule has 2 rings (SSSR count). The van der Waals surface area contributed by atoms with E-state index in [2.05, 4.69) is 15.2 Å². The highest BCUT2D eigenvalue weighted by molar-refractivity contribution is 7.13. The number of halogens is 2. The van der Waals surface area contributed by atoms with Crippen molar-refractivity contribution >= 4 is 11.3 Å². The molecule has 68 valence electrons. The summed E-state index contributed by atoms with van der Waals surface area (Å²) in [6, 6.07) is 3.60. The number of aromatic nitrogens is 3. The summed E-state index contributed by atoms with van der Waals surface area (Å²) in [6.07, 6.45) is -2.60. The second-order valence-electron chi connectivity index (χ2n) is 2.32. The lowest BCUT2D eigenvalue weighted by atomic mass is 10.4. The van der Waals surface area contributed by atoms with Crippen molar-refractivity contribution in [1.82, 2.24) is 15.2 Å². The maximum Gasteiger partial charge on any atom is 0.296 e. The van der Waals surface area contributed by atoms with Gasteiger partial charge < -0.3 is 0 Å². The van der Waals surface area contributed by atoms with Crippen molar-refractivity contribution in [2.75, 3.05) is 0 Å². The van der Waals surface area contributed by atoms with E-state index in [0.29, 0.717) is 5.82 Å². The first-order chi connectivity index (χ1) is 6.27. The van der Waals surface area contributed by atoms with Crippen LogP contribution >= 0.6 is 11.3 Å². The fraction of sp³-hybridized carbons (Fsp3) is 0.143. The summed E-state index contributed by atoms with van der Waals surface area (Å²) in [5, 5.41) is 7.70. The normalized spacial score (nSPS) is 11.0. The van der Waals surface area contributed by atoms with Crippen molar-refractivity contribution in [3.05, 3.63) is 23.3 Å². The van der Waals surface area contributed by atoms with Gasteiger partial charge in [-0.25, -0.2) is 13.8 Å². The first-order valence-corrected chi connectivity index (χ1v) is 4.39. The number of hydrogen-bond acceptors (Lipinski definition) is 3. The van der Waals surface area contributed by atoms with E-state index in [1.54, 1.807) is 6.07 Å². The summed E-state index contributed by atoms with van der Waals surface area (Å²) in [6.45, 7) is 0. The fourth-order valence-electron chi connectivity index (χ4n) is 0.888.